The fourth-order valence-electron chi connectivity index (χ4n) is 2.68. The first kappa shape index (κ1) is 12.9. The maximum atomic E-state index is 12.3. The van der Waals surface area contributed by atoms with Gasteiger partial charge >= 0.3 is 0 Å². The molecule has 4 nitrogen and oxygen atoms in total. The van der Waals surface area contributed by atoms with E-state index in [-0.39, 0.29) is 16.9 Å². The number of carbonyl (C=O) groups excluding carboxylic acids is 1. The van der Waals surface area contributed by atoms with E-state index in [2.05, 4.69) is 18.8 Å². The van der Waals surface area contributed by atoms with Gasteiger partial charge in [0.1, 0.15) is 5.69 Å². The number of amides is 1. The number of carbonyl (C=O) groups is 1. The van der Waals surface area contributed by atoms with Gasteiger partial charge in [0.15, 0.2) is 0 Å². The van der Waals surface area contributed by atoms with Crippen molar-refractivity contribution in [2.45, 2.75) is 33.1 Å². The summed E-state index contributed by atoms with van der Waals surface area (Å²) >= 11 is 0. The van der Waals surface area contributed by atoms with Gasteiger partial charge in [0, 0.05) is 19.2 Å². The van der Waals surface area contributed by atoms with E-state index in [0.29, 0.717) is 5.69 Å². The summed E-state index contributed by atoms with van der Waals surface area (Å²) in [6.07, 6.45) is 3.25. The highest BCUT2D eigenvalue weighted by molar-refractivity contribution is 5.92. The van der Waals surface area contributed by atoms with Crippen molar-refractivity contribution in [3.8, 4) is 0 Å². The molecule has 1 N–H and O–H groups in total. The van der Waals surface area contributed by atoms with Gasteiger partial charge in [-0.05, 0) is 30.7 Å². The Morgan fingerprint density at radius 3 is 2.67 bits per heavy atom. The molecule has 0 aromatic carbocycles. The molecule has 1 aliphatic heterocycles. The van der Waals surface area contributed by atoms with Crippen molar-refractivity contribution >= 4 is 5.91 Å². The number of pyridine rings is 1. The largest absolute Gasteiger partial charge is 0.337 e. The first-order valence-electron chi connectivity index (χ1n) is 6.59. The van der Waals surface area contributed by atoms with Gasteiger partial charge in [-0.15, -0.1) is 0 Å². The molecular formula is C14H20N2O2. The second-order valence-electron chi connectivity index (χ2n) is 5.11. The van der Waals surface area contributed by atoms with Crippen LogP contribution in [0.2, 0.25) is 0 Å². The van der Waals surface area contributed by atoms with Gasteiger partial charge < -0.3 is 9.88 Å². The van der Waals surface area contributed by atoms with E-state index in [1.807, 2.05) is 4.90 Å². The van der Waals surface area contributed by atoms with Crippen LogP contribution < -0.4 is 5.56 Å². The number of hydrogen-bond donors (Lipinski definition) is 1. The van der Waals surface area contributed by atoms with Crippen LogP contribution in [0.15, 0.2) is 23.0 Å². The SMILES string of the molecule is CCC1(CC)CCN(C(=O)c2cccc(=O)[nH]2)C1. The number of nitrogens with zero attached hydrogens (tertiary/aromatic N) is 1. The quantitative estimate of drug-likeness (QED) is 0.889. The van der Waals surface area contributed by atoms with E-state index in [9.17, 15) is 9.59 Å². The van der Waals surface area contributed by atoms with Crippen molar-refractivity contribution in [3.05, 3.63) is 34.2 Å². The highest BCUT2D eigenvalue weighted by Gasteiger charge is 2.37. The third kappa shape index (κ3) is 2.33. The molecule has 0 bridgehead atoms. The second-order valence-corrected chi connectivity index (χ2v) is 5.11. The van der Waals surface area contributed by atoms with E-state index in [0.717, 1.165) is 32.4 Å². The standard InChI is InChI=1S/C14H20N2O2/c1-3-14(4-2)8-9-16(10-14)13(18)11-6-5-7-12(17)15-11/h5-7H,3-4,8-10H2,1-2H3,(H,15,17). The van der Waals surface area contributed by atoms with E-state index in [1.165, 1.54) is 6.07 Å². The van der Waals surface area contributed by atoms with Gasteiger partial charge in [0.2, 0.25) is 5.56 Å². The lowest BCUT2D eigenvalue weighted by molar-refractivity contribution is 0.0764. The van der Waals surface area contributed by atoms with E-state index < -0.39 is 0 Å². The van der Waals surface area contributed by atoms with E-state index >= 15 is 0 Å². The summed E-state index contributed by atoms with van der Waals surface area (Å²) < 4.78 is 0. The Balaban J connectivity index is 2.15. The molecule has 0 unspecified atom stereocenters. The second kappa shape index (κ2) is 4.96. The Morgan fingerprint density at radius 2 is 2.11 bits per heavy atom. The van der Waals surface area contributed by atoms with E-state index in [4.69, 9.17) is 0 Å². The topological polar surface area (TPSA) is 53.2 Å². The summed E-state index contributed by atoms with van der Waals surface area (Å²) in [5.41, 5.74) is 0.438. The van der Waals surface area contributed by atoms with Crippen LogP contribution in [0, 0.1) is 5.41 Å². The summed E-state index contributed by atoms with van der Waals surface area (Å²) in [5, 5.41) is 0. The average Bonchev–Trinajstić information content (AvgIpc) is 2.83. The lowest BCUT2D eigenvalue weighted by Gasteiger charge is -2.26. The number of nitrogens with one attached hydrogen (secondary N) is 1. The number of aromatic nitrogens is 1. The number of likely N-dealkylation sites (tertiary alicyclic amines) is 1. The first-order chi connectivity index (χ1) is 8.60. The van der Waals surface area contributed by atoms with Gasteiger partial charge in [-0.25, -0.2) is 0 Å². The number of rotatable bonds is 3. The summed E-state index contributed by atoms with van der Waals surface area (Å²) in [6, 6.07) is 4.71. The fourth-order valence-corrected chi connectivity index (χ4v) is 2.68. The molecule has 2 rings (SSSR count). The maximum absolute atomic E-state index is 12.3. The number of H-pyrrole nitrogens is 1. The molecule has 18 heavy (non-hydrogen) atoms. The van der Waals surface area contributed by atoms with Crippen LogP contribution in [-0.2, 0) is 0 Å². The highest BCUT2D eigenvalue weighted by Crippen LogP contribution is 2.37. The molecule has 1 saturated heterocycles. The van der Waals surface area contributed by atoms with Crippen molar-refractivity contribution in [1.29, 1.82) is 0 Å². The summed E-state index contributed by atoms with van der Waals surface area (Å²) in [6.45, 7) is 5.96. The Kier molecular flexibility index (Phi) is 3.55. The molecule has 1 amide bonds. The maximum Gasteiger partial charge on any atom is 0.270 e. The minimum Gasteiger partial charge on any atom is -0.337 e. The molecule has 4 heteroatoms. The minimum absolute atomic E-state index is 0.0588. The predicted octanol–water partition coefficient (Wildman–Crippen LogP) is 2.03. The summed E-state index contributed by atoms with van der Waals surface area (Å²) in [5.74, 6) is -0.0588. The van der Waals surface area contributed by atoms with Gasteiger partial charge in [0.25, 0.3) is 5.91 Å². The van der Waals surface area contributed by atoms with E-state index in [1.54, 1.807) is 12.1 Å². The van der Waals surface area contributed by atoms with Crippen molar-refractivity contribution in [2.24, 2.45) is 5.41 Å². The van der Waals surface area contributed by atoms with Crippen molar-refractivity contribution in [2.75, 3.05) is 13.1 Å². The van der Waals surface area contributed by atoms with Crippen molar-refractivity contribution in [3.63, 3.8) is 0 Å². The predicted molar refractivity (Wildman–Crippen MR) is 70.6 cm³/mol. The molecule has 0 aliphatic carbocycles. The third-order valence-electron chi connectivity index (χ3n) is 4.22. The zero-order valence-electron chi connectivity index (χ0n) is 11.0. The smallest absolute Gasteiger partial charge is 0.270 e. The minimum atomic E-state index is -0.225. The molecule has 1 aromatic heterocycles. The summed E-state index contributed by atoms with van der Waals surface area (Å²) in [7, 11) is 0. The zero-order chi connectivity index (χ0) is 13.2. The van der Waals surface area contributed by atoms with Crippen LogP contribution in [0.4, 0.5) is 0 Å². The molecule has 1 fully saturated rings. The van der Waals surface area contributed by atoms with Crippen LogP contribution in [-0.4, -0.2) is 28.9 Å². The van der Waals surface area contributed by atoms with Crippen molar-refractivity contribution in [1.82, 2.24) is 9.88 Å². The Hall–Kier alpha value is -1.58. The van der Waals surface area contributed by atoms with Gasteiger partial charge in [-0.1, -0.05) is 19.9 Å². The third-order valence-corrected chi connectivity index (χ3v) is 4.22. The molecule has 0 saturated carbocycles. The molecule has 1 aliphatic rings. The molecule has 98 valence electrons. The Labute approximate surface area is 107 Å². The van der Waals surface area contributed by atoms with Crippen molar-refractivity contribution < 1.29 is 4.79 Å². The highest BCUT2D eigenvalue weighted by atomic mass is 16.2. The zero-order valence-corrected chi connectivity index (χ0v) is 11.0. The number of aromatic amines is 1. The molecule has 0 atom stereocenters. The Morgan fingerprint density at radius 1 is 1.39 bits per heavy atom. The summed E-state index contributed by atoms with van der Waals surface area (Å²) in [4.78, 5) is 28.0. The molecule has 2 heterocycles. The fraction of sp³-hybridized carbons (Fsp3) is 0.571. The van der Waals surface area contributed by atoms with Crippen LogP contribution in [0.25, 0.3) is 0 Å². The Bertz CT molecular complexity index is 489. The van der Waals surface area contributed by atoms with Gasteiger partial charge in [-0.3, -0.25) is 9.59 Å². The molecular weight excluding hydrogens is 228 g/mol. The lowest BCUT2D eigenvalue weighted by atomic mass is 9.82. The first-order valence-corrected chi connectivity index (χ1v) is 6.59. The van der Waals surface area contributed by atoms with Crippen LogP contribution in [0.5, 0.6) is 0 Å². The van der Waals surface area contributed by atoms with Gasteiger partial charge in [-0.2, -0.15) is 0 Å². The number of hydrogen-bond acceptors (Lipinski definition) is 2. The van der Waals surface area contributed by atoms with Crippen LogP contribution >= 0.6 is 0 Å². The molecule has 1 aromatic rings. The van der Waals surface area contributed by atoms with Crippen LogP contribution in [0.3, 0.4) is 0 Å². The molecule has 0 spiro atoms. The monoisotopic (exact) mass is 248 g/mol. The average molecular weight is 248 g/mol. The normalized spacial score (nSPS) is 18.0. The lowest BCUT2D eigenvalue weighted by Crippen LogP contribution is -2.33. The molecule has 0 radical (unpaired) electrons. The van der Waals surface area contributed by atoms with Gasteiger partial charge in [0.05, 0.1) is 0 Å². The van der Waals surface area contributed by atoms with Crippen LogP contribution in [0.1, 0.15) is 43.6 Å².